The lowest BCUT2D eigenvalue weighted by Crippen LogP contribution is -2.40. The first-order valence-electron chi connectivity index (χ1n) is 8.98. The zero-order valence-electron chi connectivity index (χ0n) is 15.7. The first kappa shape index (κ1) is 21.8. The summed E-state index contributed by atoms with van der Waals surface area (Å²) in [5.74, 6) is 4.31. The van der Waals surface area contributed by atoms with E-state index >= 15 is 0 Å². The summed E-state index contributed by atoms with van der Waals surface area (Å²) in [6.07, 6.45) is 2.60. The van der Waals surface area contributed by atoms with Gasteiger partial charge in [0.25, 0.3) is 0 Å². The average molecular weight is 502 g/mol. The first-order valence-corrected chi connectivity index (χ1v) is 10.0. The van der Waals surface area contributed by atoms with Crippen LogP contribution < -0.4 is 15.4 Å². The van der Waals surface area contributed by atoms with E-state index in [1.807, 2.05) is 36.0 Å². The lowest BCUT2D eigenvalue weighted by molar-refractivity contribution is 0.415. The molecule has 0 radical (unpaired) electrons. The second-order valence-corrected chi connectivity index (χ2v) is 7.45. The van der Waals surface area contributed by atoms with Gasteiger partial charge in [0.15, 0.2) is 11.8 Å². The van der Waals surface area contributed by atoms with Crippen molar-refractivity contribution in [3.8, 4) is 17.1 Å². The molecule has 0 amide bonds. The van der Waals surface area contributed by atoms with Gasteiger partial charge in [0.05, 0.1) is 7.11 Å². The number of methoxy groups -OCH3 is 1. The summed E-state index contributed by atoms with van der Waals surface area (Å²) in [6, 6.07) is 7.69. The van der Waals surface area contributed by atoms with Gasteiger partial charge in [-0.3, -0.25) is 5.10 Å². The Labute approximate surface area is 181 Å². The first-order chi connectivity index (χ1) is 12.8. The van der Waals surface area contributed by atoms with Crippen molar-refractivity contribution in [2.24, 2.45) is 4.99 Å². The number of aromatic nitrogens is 3. The van der Waals surface area contributed by atoms with Crippen LogP contribution in [-0.4, -0.2) is 52.3 Å². The second-order valence-electron chi connectivity index (χ2n) is 6.05. The van der Waals surface area contributed by atoms with Gasteiger partial charge < -0.3 is 15.4 Å². The van der Waals surface area contributed by atoms with Crippen LogP contribution in [0.1, 0.15) is 25.6 Å². The lowest BCUT2D eigenvalue weighted by Gasteiger charge is -2.14. The number of thioether (sulfide) groups is 1. The normalized spacial score (nSPS) is 16.7. The smallest absolute Gasteiger partial charge is 0.191 e. The van der Waals surface area contributed by atoms with Crippen LogP contribution in [0, 0.1) is 0 Å². The number of H-pyrrole nitrogens is 1. The van der Waals surface area contributed by atoms with Crippen molar-refractivity contribution in [2.45, 2.75) is 31.6 Å². The SMILES string of the molecule is CCNC(=NCc1nc(-c2ccc(OC)cc2)n[nH]1)NCC1CCCS1.I. The molecule has 7 nitrogen and oxygen atoms in total. The van der Waals surface area contributed by atoms with Crippen molar-refractivity contribution in [3.63, 3.8) is 0 Å². The minimum Gasteiger partial charge on any atom is -0.497 e. The van der Waals surface area contributed by atoms with E-state index in [-0.39, 0.29) is 24.0 Å². The zero-order valence-corrected chi connectivity index (χ0v) is 18.8. The molecule has 148 valence electrons. The van der Waals surface area contributed by atoms with Gasteiger partial charge in [-0.1, -0.05) is 0 Å². The maximum absolute atomic E-state index is 5.18. The Morgan fingerprint density at radius 1 is 1.33 bits per heavy atom. The minimum atomic E-state index is 0. The van der Waals surface area contributed by atoms with Crippen LogP contribution in [0.5, 0.6) is 5.75 Å². The Morgan fingerprint density at radius 3 is 2.81 bits per heavy atom. The van der Waals surface area contributed by atoms with Crippen molar-refractivity contribution in [2.75, 3.05) is 26.0 Å². The van der Waals surface area contributed by atoms with Gasteiger partial charge in [-0.15, -0.1) is 24.0 Å². The van der Waals surface area contributed by atoms with Crippen molar-refractivity contribution in [3.05, 3.63) is 30.1 Å². The van der Waals surface area contributed by atoms with Crippen molar-refractivity contribution in [1.82, 2.24) is 25.8 Å². The fourth-order valence-corrected chi connectivity index (χ4v) is 3.95. The fraction of sp³-hybridized carbons (Fsp3) is 0.500. The van der Waals surface area contributed by atoms with Gasteiger partial charge in [-0.25, -0.2) is 9.98 Å². The number of guanidine groups is 1. The van der Waals surface area contributed by atoms with Crippen LogP contribution in [0.3, 0.4) is 0 Å². The Kier molecular flexibility index (Phi) is 9.19. The van der Waals surface area contributed by atoms with Crippen LogP contribution in [0.4, 0.5) is 0 Å². The largest absolute Gasteiger partial charge is 0.497 e. The van der Waals surface area contributed by atoms with Crippen LogP contribution in [-0.2, 0) is 6.54 Å². The molecule has 1 saturated heterocycles. The molecule has 2 aromatic rings. The molecule has 27 heavy (non-hydrogen) atoms. The Hall–Kier alpha value is -1.49. The summed E-state index contributed by atoms with van der Waals surface area (Å²) in [5, 5.41) is 14.6. The number of aliphatic imine (C=N–C) groups is 1. The van der Waals surface area contributed by atoms with Crippen molar-refractivity contribution < 1.29 is 4.74 Å². The van der Waals surface area contributed by atoms with Gasteiger partial charge in [0.1, 0.15) is 18.1 Å². The fourth-order valence-electron chi connectivity index (χ4n) is 2.75. The molecule has 1 aromatic carbocycles. The Bertz CT molecular complexity index is 715. The van der Waals surface area contributed by atoms with E-state index in [0.717, 1.165) is 36.2 Å². The van der Waals surface area contributed by atoms with E-state index in [9.17, 15) is 0 Å². The number of nitrogens with zero attached hydrogens (tertiary/aromatic N) is 3. The second kappa shape index (κ2) is 11.4. The number of hydrogen-bond donors (Lipinski definition) is 3. The van der Waals surface area contributed by atoms with E-state index < -0.39 is 0 Å². The zero-order chi connectivity index (χ0) is 18.2. The van der Waals surface area contributed by atoms with E-state index in [0.29, 0.717) is 17.6 Å². The van der Waals surface area contributed by atoms with Crippen LogP contribution in [0.15, 0.2) is 29.3 Å². The number of benzene rings is 1. The van der Waals surface area contributed by atoms with Crippen LogP contribution in [0.25, 0.3) is 11.4 Å². The van der Waals surface area contributed by atoms with E-state index in [1.54, 1.807) is 7.11 Å². The molecule has 3 N–H and O–H groups in total. The van der Waals surface area contributed by atoms with Crippen molar-refractivity contribution in [1.29, 1.82) is 0 Å². The van der Waals surface area contributed by atoms with Gasteiger partial charge in [0, 0.05) is 23.9 Å². The number of nitrogens with one attached hydrogen (secondary N) is 3. The standard InChI is InChI=1S/C18H26N6OS.HI/c1-3-19-18(20-11-15-5-4-10-26-15)21-12-16-22-17(24-23-16)13-6-8-14(25-2)9-7-13;/h6-9,15H,3-5,10-12H2,1-2H3,(H2,19,20,21)(H,22,23,24);1H. The van der Waals surface area contributed by atoms with E-state index in [1.165, 1.54) is 18.6 Å². The molecule has 1 aromatic heterocycles. The van der Waals surface area contributed by atoms with E-state index in [4.69, 9.17) is 4.74 Å². The van der Waals surface area contributed by atoms with Gasteiger partial charge >= 0.3 is 0 Å². The van der Waals surface area contributed by atoms with E-state index in [2.05, 4.69) is 37.7 Å². The third-order valence-corrected chi connectivity index (χ3v) is 5.53. The molecule has 0 spiro atoms. The molecule has 1 atom stereocenters. The predicted octanol–water partition coefficient (Wildman–Crippen LogP) is 3.05. The molecule has 0 saturated carbocycles. The number of halogens is 1. The summed E-state index contributed by atoms with van der Waals surface area (Å²) < 4.78 is 5.18. The topological polar surface area (TPSA) is 87.2 Å². The van der Waals surface area contributed by atoms with Crippen LogP contribution >= 0.6 is 35.7 Å². The third-order valence-electron chi connectivity index (χ3n) is 4.13. The Balaban J connectivity index is 0.00000261. The number of rotatable bonds is 7. The molecule has 1 unspecified atom stereocenters. The molecule has 1 aliphatic heterocycles. The maximum atomic E-state index is 5.18. The number of aromatic amines is 1. The highest BCUT2D eigenvalue weighted by Gasteiger charge is 2.15. The molecule has 1 aliphatic rings. The summed E-state index contributed by atoms with van der Waals surface area (Å²) in [6.45, 7) is 4.30. The lowest BCUT2D eigenvalue weighted by atomic mass is 10.2. The molecule has 9 heteroatoms. The van der Waals surface area contributed by atoms with Crippen LogP contribution in [0.2, 0.25) is 0 Å². The highest BCUT2D eigenvalue weighted by atomic mass is 127. The molecule has 0 bridgehead atoms. The average Bonchev–Trinajstić information content (AvgIpc) is 3.36. The summed E-state index contributed by atoms with van der Waals surface area (Å²) in [5.41, 5.74) is 0.945. The highest BCUT2D eigenvalue weighted by molar-refractivity contribution is 14.0. The maximum Gasteiger partial charge on any atom is 0.191 e. The quantitative estimate of drug-likeness (QED) is 0.307. The van der Waals surface area contributed by atoms with Crippen molar-refractivity contribution >= 4 is 41.7 Å². The van der Waals surface area contributed by atoms with Gasteiger partial charge in [-0.2, -0.15) is 16.9 Å². The monoisotopic (exact) mass is 502 g/mol. The minimum absolute atomic E-state index is 0. The summed E-state index contributed by atoms with van der Waals surface area (Å²) >= 11 is 2.04. The van der Waals surface area contributed by atoms with Gasteiger partial charge in [-0.05, 0) is 49.8 Å². The molecule has 2 heterocycles. The molecule has 1 fully saturated rings. The molecule has 0 aliphatic carbocycles. The predicted molar refractivity (Wildman–Crippen MR) is 122 cm³/mol. The van der Waals surface area contributed by atoms with Gasteiger partial charge in [0.2, 0.25) is 0 Å². The summed E-state index contributed by atoms with van der Waals surface area (Å²) in [7, 11) is 1.65. The Morgan fingerprint density at radius 2 is 2.15 bits per heavy atom. The molecular formula is C18H27IN6OS. The molecular weight excluding hydrogens is 475 g/mol. The number of ether oxygens (including phenoxy) is 1. The third kappa shape index (κ3) is 6.56. The summed E-state index contributed by atoms with van der Waals surface area (Å²) in [4.78, 5) is 9.14. The molecule has 3 rings (SSSR count). The number of hydrogen-bond acceptors (Lipinski definition) is 5. The highest BCUT2D eigenvalue weighted by Crippen LogP contribution is 2.25.